The number of likely N-dealkylation sites (tertiary alicyclic amines) is 1. The second-order valence-electron chi connectivity index (χ2n) is 6.40. The molecule has 23 heavy (non-hydrogen) atoms. The Balaban J connectivity index is 1.73. The van der Waals surface area contributed by atoms with Gasteiger partial charge < -0.3 is 10.2 Å². The Morgan fingerprint density at radius 2 is 1.87 bits per heavy atom. The minimum Gasteiger partial charge on any atom is -0.353 e. The minimum absolute atomic E-state index is 0.136. The van der Waals surface area contributed by atoms with Crippen molar-refractivity contribution in [3.05, 3.63) is 35.4 Å². The molecule has 0 saturated carbocycles. The van der Waals surface area contributed by atoms with Gasteiger partial charge in [-0.25, -0.2) is 0 Å². The molecule has 1 aliphatic rings. The molecule has 1 fully saturated rings. The lowest BCUT2D eigenvalue weighted by atomic mass is 10.0. The number of nitrogens with one attached hydrogen (secondary N) is 1. The molecule has 0 spiro atoms. The number of hydrogen-bond donors (Lipinski definition) is 1. The zero-order valence-corrected chi connectivity index (χ0v) is 14.3. The van der Waals surface area contributed by atoms with Gasteiger partial charge in [0.1, 0.15) is 0 Å². The van der Waals surface area contributed by atoms with Gasteiger partial charge in [-0.3, -0.25) is 9.59 Å². The van der Waals surface area contributed by atoms with Crippen LogP contribution in [0.5, 0.6) is 0 Å². The van der Waals surface area contributed by atoms with E-state index in [1.165, 1.54) is 11.1 Å². The van der Waals surface area contributed by atoms with Crippen molar-refractivity contribution < 1.29 is 9.59 Å². The maximum absolute atomic E-state index is 12.4. The molecule has 1 saturated heterocycles. The summed E-state index contributed by atoms with van der Waals surface area (Å²) in [5.74, 6) is 0.364. The maximum Gasteiger partial charge on any atom is 0.222 e. The van der Waals surface area contributed by atoms with E-state index in [0.717, 1.165) is 38.8 Å². The van der Waals surface area contributed by atoms with Crippen molar-refractivity contribution in [1.29, 1.82) is 0 Å². The molecule has 4 nitrogen and oxygen atoms in total. The highest BCUT2D eigenvalue weighted by Gasteiger charge is 2.23. The standard InChI is InChI=1S/C19H28N2O2/c1-3-6-18(22)20-17-11-13-21(14-12-17)19(23)10-9-16-8-5-4-7-15(16)2/h4-5,7-8,17H,3,6,9-14H2,1-2H3,(H,20,22). The molecule has 0 atom stereocenters. The van der Waals surface area contributed by atoms with Gasteiger partial charge in [0, 0.05) is 32.0 Å². The fourth-order valence-electron chi connectivity index (χ4n) is 3.09. The quantitative estimate of drug-likeness (QED) is 0.877. The summed E-state index contributed by atoms with van der Waals surface area (Å²) in [5.41, 5.74) is 2.50. The van der Waals surface area contributed by atoms with Crippen LogP contribution in [0.3, 0.4) is 0 Å². The summed E-state index contributed by atoms with van der Waals surface area (Å²) in [6.45, 7) is 5.60. The molecule has 1 N–H and O–H groups in total. The van der Waals surface area contributed by atoms with Crippen molar-refractivity contribution >= 4 is 11.8 Å². The first-order valence-corrected chi connectivity index (χ1v) is 8.71. The van der Waals surface area contributed by atoms with Gasteiger partial charge in [0.2, 0.25) is 11.8 Å². The van der Waals surface area contributed by atoms with E-state index in [-0.39, 0.29) is 17.9 Å². The van der Waals surface area contributed by atoms with Crippen LogP contribution >= 0.6 is 0 Å². The van der Waals surface area contributed by atoms with Crippen molar-refractivity contribution in [1.82, 2.24) is 10.2 Å². The molecule has 1 aromatic carbocycles. The first-order chi connectivity index (χ1) is 11.1. The van der Waals surface area contributed by atoms with Crippen LogP contribution < -0.4 is 5.32 Å². The van der Waals surface area contributed by atoms with Crippen LogP contribution in [-0.4, -0.2) is 35.8 Å². The largest absolute Gasteiger partial charge is 0.353 e. The van der Waals surface area contributed by atoms with Crippen molar-refractivity contribution in [3.63, 3.8) is 0 Å². The summed E-state index contributed by atoms with van der Waals surface area (Å²) in [6.07, 6.45) is 4.57. The van der Waals surface area contributed by atoms with E-state index in [9.17, 15) is 9.59 Å². The molecular weight excluding hydrogens is 288 g/mol. The normalized spacial score (nSPS) is 15.5. The predicted octanol–water partition coefficient (Wildman–Crippen LogP) is 2.83. The van der Waals surface area contributed by atoms with Gasteiger partial charge in [-0.2, -0.15) is 0 Å². The summed E-state index contributed by atoms with van der Waals surface area (Å²) in [5, 5.41) is 3.07. The van der Waals surface area contributed by atoms with Crippen LogP contribution in [0.2, 0.25) is 0 Å². The number of amides is 2. The number of benzene rings is 1. The van der Waals surface area contributed by atoms with E-state index in [2.05, 4.69) is 24.4 Å². The van der Waals surface area contributed by atoms with Gasteiger partial charge in [-0.1, -0.05) is 31.2 Å². The van der Waals surface area contributed by atoms with E-state index >= 15 is 0 Å². The maximum atomic E-state index is 12.4. The van der Waals surface area contributed by atoms with Crippen LogP contribution in [0.15, 0.2) is 24.3 Å². The van der Waals surface area contributed by atoms with Gasteiger partial charge in [-0.15, -0.1) is 0 Å². The van der Waals surface area contributed by atoms with Gasteiger partial charge in [0.05, 0.1) is 0 Å². The molecule has 126 valence electrons. The van der Waals surface area contributed by atoms with E-state index in [1.54, 1.807) is 0 Å². The Kier molecular flexibility index (Phi) is 6.63. The van der Waals surface area contributed by atoms with E-state index in [1.807, 2.05) is 24.0 Å². The fraction of sp³-hybridized carbons (Fsp3) is 0.579. The summed E-state index contributed by atoms with van der Waals surface area (Å²) >= 11 is 0. The Hall–Kier alpha value is -1.84. The molecule has 0 bridgehead atoms. The molecule has 1 aliphatic heterocycles. The van der Waals surface area contributed by atoms with E-state index in [4.69, 9.17) is 0 Å². The van der Waals surface area contributed by atoms with Crippen LogP contribution in [0, 0.1) is 6.92 Å². The number of carbonyl (C=O) groups is 2. The number of piperidine rings is 1. The molecule has 2 rings (SSSR count). The summed E-state index contributed by atoms with van der Waals surface area (Å²) in [4.78, 5) is 25.9. The Labute approximate surface area is 139 Å². The fourth-order valence-corrected chi connectivity index (χ4v) is 3.09. The second-order valence-corrected chi connectivity index (χ2v) is 6.40. The lowest BCUT2D eigenvalue weighted by Crippen LogP contribution is -2.46. The average molecular weight is 316 g/mol. The number of hydrogen-bond acceptors (Lipinski definition) is 2. The van der Waals surface area contributed by atoms with Crippen molar-refractivity contribution in [2.24, 2.45) is 0 Å². The van der Waals surface area contributed by atoms with E-state index < -0.39 is 0 Å². The molecule has 0 aromatic heterocycles. The SMILES string of the molecule is CCCC(=O)NC1CCN(C(=O)CCc2ccccc2C)CC1. The lowest BCUT2D eigenvalue weighted by Gasteiger charge is -2.32. The lowest BCUT2D eigenvalue weighted by molar-refractivity contribution is -0.132. The number of carbonyl (C=O) groups excluding carboxylic acids is 2. The third kappa shape index (κ3) is 5.38. The Morgan fingerprint density at radius 1 is 1.17 bits per heavy atom. The smallest absolute Gasteiger partial charge is 0.222 e. The average Bonchev–Trinajstić information content (AvgIpc) is 2.55. The monoisotopic (exact) mass is 316 g/mol. The van der Waals surface area contributed by atoms with Gasteiger partial charge in [0.25, 0.3) is 0 Å². The van der Waals surface area contributed by atoms with Crippen LogP contribution in [-0.2, 0) is 16.0 Å². The van der Waals surface area contributed by atoms with Crippen molar-refractivity contribution in [3.8, 4) is 0 Å². The highest BCUT2D eigenvalue weighted by Crippen LogP contribution is 2.14. The first kappa shape index (κ1) is 17.5. The topological polar surface area (TPSA) is 49.4 Å². The highest BCUT2D eigenvalue weighted by atomic mass is 16.2. The van der Waals surface area contributed by atoms with Crippen LogP contribution in [0.25, 0.3) is 0 Å². The third-order valence-electron chi connectivity index (χ3n) is 4.56. The molecule has 2 amide bonds. The molecule has 1 aromatic rings. The summed E-state index contributed by atoms with van der Waals surface area (Å²) in [6, 6.07) is 8.47. The molecule has 0 aliphatic carbocycles. The Bertz CT molecular complexity index is 534. The highest BCUT2D eigenvalue weighted by molar-refractivity contribution is 5.77. The third-order valence-corrected chi connectivity index (χ3v) is 4.56. The van der Waals surface area contributed by atoms with Gasteiger partial charge in [0.15, 0.2) is 0 Å². The predicted molar refractivity (Wildman–Crippen MR) is 92.2 cm³/mol. The van der Waals surface area contributed by atoms with Crippen LogP contribution in [0.4, 0.5) is 0 Å². The summed E-state index contributed by atoms with van der Waals surface area (Å²) in [7, 11) is 0. The second kappa shape index (κ2) is 8.70. The molecule has 0 unspecified atom stereocenters. The van der Waals surface area contributed by atoms with Crippen LogP contribution in [0.1, 0.15) is 50.2 Å². The van der Waals surface area contributed by atoms with Gasteiger partial charge in [-0.05, 0) is 43.7 Å². The molecule has 0 radical (unpaired) electrons. The number of rotatable bonds is 6. The van der Waals surface area contributed by atoms with Crippen molar-refractivity contribution in [2.45, 2.75) is 58.4 Å². The molecule has 1 heterocycles. The Morgan fingerprint density at radius 3 is 2.52 bits per heavy atom. The van der Waals surface area contributed by atoms with E-state index in [0.29, 0.717) is 12.8 Å². The first-order valence-electron chi connectivity index (χ1n) is 8.71. The number of nitrogens with zero attached hydrogens (tertiary/aromatic N) is 1. The zero-order valence-electron chi connectivity index (χ0n) is 14.3. The molecular formula is C19H28N2O2. The minimum atomic E-state index is 0.136. The molecule has 4 heteroatoms. The van der Waals surface area contributed by atoms with Gasteiger partial charge >= 0.3 is 0 Å². The zero-order chi connectivity index (χ0) is 16.7. The summed E-state index contributed by atoms with van der Waals surface area (Å²) < 4.78 is 0. The number of aryl methyl sites for hydroxylation is 2. The van der Waals surface area contributed by atoms with Crippen molar-refractivity contribution in [2.75, 3.05) is 13.1 Å².